The molecule has 262 valence electrons. The highest BCUT2D eigenvalue weighted by Crippen LogP contribution is 2.31. The molecule has 2 N–H and O–H groups in total. The first-order valence-electron chi connectivity index (χ1n) is 14.9. The number of halogens is 2. The predicted molar refractivity (Wildman–Crippen MR) is 199 cm³/mol. The molecule has 10 nitrogen and oxygen atoms in total. The van der Waals surface area contributed by atoms with E-state index in [2.05, 4.69) is 20.6 Å². The summed E-state index contributed by atoms with van der Waals surface area (Å²) in [6.45, 7) is 7.26. The number of anilines is 2. The van der Waals surface area contributed by atoms with E-state index in [0.717, 1.165) is 11.3 Å². The Morgan fingerprint density at radius 3 is 1.60 bits per heavy atom. The molecule has 0 bridgehead atoms. The largest absolute Gasteiger partial charge is 0.309 e. The maximum absolute atomic E-state index is 12.9. The lowest BCUT2D eigenvalue weighted by molar-refractivity contribution is -0.118. The zero-order valence-corrected chi connectivity index (χ0v) is 31.6. The van der Waals surface area contributed by atoms with Crippen molar-refractivity contribution in [2.75, 3.05) is 10.6 Å². The highest BCUT2D eigenvalue weighted by atomic mass is 35.5. The monoisotopic (exact) mass is 772 g/mol. The molecule has 0 saturated carbocycles. The average molecular weight is 774 g/mol. The van der Waals surface area contributed by atoms with Crippen molar-refractivity contribution in [3.05, 3.63) is 118 Å². The van der Waals surface area contributed by atoms with Crippen molar-refractivity contribution in [2.24, 2.45) is 0 Å². The van der Waals surface area contributed by atoms with Gasteiger partial charge in [0.05, 0.1) is 15.5 Å². The maximum atomic E-state index is 12.9. The maximum Gasteiger partial charge on any atom is 0.247 e. The zero-order chi connectivity index (χ0) is 36.9. The molecule has 0 unspecified atom stereocenters. The molecule has 0 aliphatic heterocycles. The van der Waals surface area contributed by atoms with E-state index in [4.69, 9.17) is 23.2 Å². The van der Waals surface area contributed by atoms with Gasteiger partial charge in [-0.05, 0) is 95.3 Å². The third kappa shape index (κ3) is 8.59. The van der Waals surface area contributed by atoms with Crippen molar-refractivity contribution in [3.8, 4) is 11.3 Å². The van der Waals surface area contributed by atoms with E-state index in [0.29, 0.717) is 26.7 Å². The first-order valence-corrected chi connectivity index (χ1v) is 19.5. The fourth-order valence-corrected chi connectivity index (χ4v) is 7.98. The lowest BCUT2D eigenvalue weighted by atomic mass is 10.2. The first kappa shape index (κ1) is 38.7. The summed E-state index contributed by atoms with van der Waals surface area (Å²) in [7, 11) is -7.80. The molecular formula is C35H34Cl2N4O6S3. The summed E-state index contributed by atoms with van der Waals surface area (Å²) >= 11 is 12.8. The number of sulfone groups is 2. The normalized spacial score (nSPS) is 12.0. The van der Waals surface area contributed by atoms with Crippen molar-refractivity contribution in [3.63, 3.8) is 0 Å². The van der Waals surface area contributed by atoms with Crippen LogP contribution < -0.4 is 10.6 Å². The summed E-state index contributed by atoms with van der Waals surface area (Å²) in [5, 5.41) is 8.18. The second-order valence-electron chi connectivity index (χ2n) is 11.9. The molecule has 2 amide bonds. The van der Waals surface area contributed by atoms with Gasteiger partial charge in [-0.15, -0.1) is 11.3 Å². The number of nitrogens with zero attached hydrogens (tertiary/aromatic N) is 2. The molecule has 3 aromatic carbocycles. The highest BCUT2D eigenvalue weighted by molar-refractivity contribution is 7.94. The third-order valence-corrected chi connectivity index (χ3v) is 13.7. The van der Waals surface area contributed by atoms with Crippen LogP contribution in [0.5, 0.6) is 0 Å². The SMILES string of the molecule is CC(C)(C(=O)Nc1nc(-c2ccccc2)cs1)S(=O)(=O)c1ccc(Cl)cc1.Cc1cccc(NC(=O)C(C)(C)S(=O)(=O)c2ccc(Cl)cc2)n1. The molecule has 0 radical (unpaired) electrons. The fourth-order valence-electron chi connectivity index (χ4n) is 4.26. The number of aryl methyl sites for hydroxylation is 1. The van der Waals surface area contributed by atoms with E-state index in [1.54, 1.807) is 25.1 Å². The summed E-state index contributed by atoms with van der Waals surface area (Å²) in [5.41, 5.74) is 2.36. The van der Waals surface area contributed by atoms with Gasteiger partial charge in [-0.2, -0.15) is 0 Å². The van der Waals surface area contributed by atoms with Gasteiger partial charge < -0.3 is 10.6 Å². The summed E-state index contributed by atoms with van der Waals surface area (Å²) < 4.78 is 47.9. The van der Waals surface area contributed by atoms with Gasteiger partial charge in [0.2, 0.25) is 11.8 Å². The van der Waals surface area contributed by atoms with Gasteiger partial charge in [0.1, 0.15) is 15.3 Å². The second kappa shape index (κ2) is 15.4. The number of thiazole rings is 1. The number of hydrogen-bond donors (Lipinski definition) is 2. The van der Waals surface area contributed by atoms with E-state index < -0.39 is 41.0 Å². The fraction of sp³-hybridized carbons (Fsp3) is 0.200. The van der Waals surface area contributed by atoms with E-state index in [1.165, 1.54) is 87.6 Å². The van der Waals surface area contributed by atoms with Crippen molar-refractivity contribution in [1.29, 1.82) is 0 Å². The molecule has 0 fully saturated rings. The molecule has 2 heterocycles. The van der Waals surface area contributed by atoms with E-state index in [-0.39, 0.29) is 9.79 Å². The number of carbonyl (C=O) groups excluding carboxylic acids is 2. The van der Waals surface area contributed by atoms with Gasteiger partial charge in [0.15, 0.2) is 24.8 Å². The molecular weight excluding hydrogens is 740 g/mol. The minimum absolute atomic E-state index is 0.0381. The third-order valence-electron chi connectivity index (χ3n) is 7.61. The molecule has 5 aromatic rings. The van der Waals surface area contributed by atoms with Crippen LogP contribution in [0.15, 0.2) is 112 Å². The van der Waals surface area contributed by atoms with Crippen LogP contribution >= 0.6 is 34.5 Å². The number of amides is 2. The second-order valence-corrected chi connectivity index (χ2v) is 18.6. The Labute approximate surface area is 305 Å². The lowest BCUT2D eigenvalue weighted by Gasteiger charge is -2.23. The van der Waals surface area contributed by atoms with Crippen LogP contribution in [-0.2, 0) is 29.3 Å². The summed E-state index contributed by atoms with van der Waals surface area (Å²) in [4.78, 5) is 33.8. The highest BCUT2D eigenvalue weighted by Gasteiger charge is 2.44. The van der Waals surface area contributed by atoms with Crippen molar-refractivity contribution in [1.82, 2.24) is 9.97 Å². The van der Waals surface area contributed by atoms with Crippen LogP contribution in [0.1, 0.15) is 33.4 Å². The van der Waals surface area contributed by atoms with Crippen LogP contribution in [0.2, 0.25) is 10.0 Å². The number of carbonyl (C=O) groups is 2. The molecule has 50 heavy (non-hydrogen) atoms. The Morgan fingerprint density at radius 1 is 0.640 bits per heavy atom. The first-order chi connectivity index (χ1) is 23.4. The molecule has 0 aliphatic rings. The standard InChI is InChI=1S/C19H17ClN2O3S2.C16H17ClN2O3S/c1-19(2,27(24,25)15-10-8-14(20)9-11-15)17(23)22-18-21-16(12-26-18)13-6-4-3-5-7-13;1-11-5-4-6-14(18-11)19-15(20)16(2,3)23(21,22)13-9-7-12(17)8-10-13/h3-12H,1-2H3,(H,21,22,23);4-10H,1-3H3,(H,18,19,20). The lowest BCUT2D eigenvalue weighted by Crippen LogP contribution is -2.44. The van der Waals surface area contributed by atoms with Crippen molar-refractivity contribution >= 4 is 77.0 Å². The average Bonchev–Trinajstić information content (AvgIpc) is 3.54. The number of pyridine rings is 1. The molecule has 0 saturated heterocycles. The topological polar surface area (TPSA) is 152 Å². The number of nitrogens with one attached hydrogen (secondary N) is 2. The Hall–Kier alpha value is -4.14. The predicted octanol–water partition coefficient (Wildman–Crippen LogP) is 7.89. The number of benzene rings is 3. The van der Waals surface area contributed by atoms with Crippen LogP contribution in [0.25, 0.3) is 11.3 Å². The van der Waals surface area contributed by atoms with Gasteiger partial charge in [-0.3, -0.25) is 9.59 Å². The van der Waals surface area contributed by atoms with Crippen LogP contribution in [0, 0.1) is 6.92 Å². The number of rotatable bonds is 9. The van der Waals surface area contributed by atoms with Crippen LogP contribution in [0.3, 0.4) is 0 Å². The number of hydrogen-bond acceptors (Lipinski definition) is 9. The smallest absolute Gasteiger partial charge is 0.247 e. The summed E-state index contributed by atoms with van der Waals surface area (Å²) in [6.07, 6.45) is 0. The van der Waals surface area contributed by atoms with Gasteiger partial charge in [-0.1, -0.05) is 59.6 Å². The van der Waals surface area contributed by atoms with Gasteiger partial charge in [-0.25, -0.2) is 26.8 Å². The summed E-state index contributed by atoms with van der Waals surface area (Å²) in [6, 6.07) is 26.1. The summed E-state index contributed by atoms with van der Waals surface area (Å²) in [5.74, 6) is -0.980. The molecule has 15 heteroatoms. The minimum atomic E-state index is -3.91. The quantitative estimate of drug-likeness (QED) is 0.154. The van der Waals surface area contributed by atoms with E-state index >= 15 is 0 Å². The molecule has 5 rings (SSSR count). The van der Waals surface area contributed by atoms with Crippen molar-refractivity contribution in [2.45, 2.75) is 53.9 Å². The molecule has 0 aliphatic carbocycles. The molecule has 0 spiro atoms. The van der Waals surface area contributed by atoms with Gasteiger partial charge in [0.25, 0.3) is 0 Å². The molecule has 0 atom stereocenters. The Bertz CT molecular complexity index is 2210. The Kier molecular flexibility index (Phi) is 11.9. The zero-order valence-electron chi connectivity index (χ0n) is 27.6. The molecule has 2 aromatic heterocycles. The van der Waals surface area contributed by atoms with Gasteiger partial charge in [0, 0.05) is 26.7 Å². The Balaban J connectivity index is 0.000000228. The Morgan fingerprint density at radius 2 is 1.12 bits per heavy atom. The number of aromatic nitrogens is 2. The van der Waals surface area contributed by atoms with Crippen LogP contribution in [0.4, 0.5) is 10.9 Å². The van der Waals surface area contributed by atoms with Crippen LogP contribution in [-0.4, -0.2) is 48.1 Å². The van der Waals surface area contributed by atoms with Gasteiger partial charge >= 0.3 is 0 Å². The minimum Gasteiger partial charge on any atom is -0.309 e. The van der Waals surface area contributed by atoms with Crippen molar-refractivity contribution < 1.29 is 26.4 Å². The van der Waals surface area contributed by atoms with E-state index in [1.807, 2.05) is 35.7 Å². The van der Waals surface area contributed by atoms with E-state index in [9.17, 15) is 26.4 Å².